The van der Waals surface area contributed by atoms with E-state index in [2.05, 4.69) is 10.3 Å². The molecule has 0 bridgehead atoms. The van der Waals surface area contributed by atoms with Gasteiger partial charge in [-0.3, -0.25) is 9.59 Å². The number of benzene rings is 1. The highest BCUT2D eigenvalue weighted by Gasteiger charge is 2.19. The molecule has 1 aromatic carbocycles. The van der Waals surface area contributed by atoms with Crippen molar-refractivity contribution >= 4 is 34.8 Å². The minimum absolute atomic E-state index is 0.263. The van der Waals surface area contributed by atoms with Gasteiger partial charge in [-0.25, -0.2) is 0 Å². The van der Waals surface area contributed by atoms with Crippen LogP contribution in [0.2, 0.25) is 5.02 Å². The molecule has 0 fully saturated rings. The summed E-state index contributed by atoms with van der Waals surface area (Å²) in [6.45, 7) is 0. The van der Waals surface area contributed by atoms with Crippen LogP contribution in [-0.4, -0.2) is 16.8 Å². The van der Waals surface area contributed by atoms with Crippen molar-refractivity contribution < 1.29 is 9.59 Å². The maximum absolute atomic E-state index is 12.5. The Hall–Kier alpha value is -2.57. The van der Waals surface area contributed by atoms with E-state index >= 15 is 0 Å². The largest absolute Gasteiger partial charge is 0.366 e. The van der Waals surface area contributed by atoms with E-state index in [-0.39, 0.29) is 23.2 Å². The predicted molar refractivity (Wildman–Crippen MR) is 94.4 cm³/mol. The lowest BCUT2D eigenvalue weighted by Gasteiger charge is -2.18. The third kappa shape index (κ3) is 3.50. The minimum Gasteiger partial charge on any atom is -0.366 e. The van der Waals surface area contributed by atoms with E-state index in [1.165, 1.54) is 12.3 Å². The molecular formula is C17H14ClN3O2S. The van der Waals surface area contributed by atoms with E-state index in [4.69, 9.17) is 17.3 Å². The lowest BCUT2D eigenvalue weighted by atomic mass is 10.0. The van der Waals surface area contributed by atoms with Crippen molar-refractivity contribution in [3.05, 3.63) is 80.8 Å². The molecule has 2 aromatic heterocycles. The molecule has 1 atom stereocenters. The molecule has 24 heavy (non-hydrogen) atoms. The van der Waals surface area contributed by atoms with Gasteiger partial charge in [0.1, 0.15) is 5.69 Å². The molecule has 0 aliphatic rings. The number of hydrogen-bond donors (Lipinski definition) is 3. The first-order chi connectivity index (χ1) is 11.5. The van der Waals surface area contributed by atoms with Crippen LogP contribution in [0.25, 0.3) is 0 Å². The van der Waals surface area contributed by atoms with Crippen molar-refractivity contribution in [3.63, 3.8) is 0 Å². The molecule has 122 valence electrons. The van der Waals surface area contributed by atoms with E-state index in [1.54, 1.807) is 23.5 Å². The lowest BCUT2D eigenvalue weighted by molar-refractivity contribution is 0.0938. The number of carbonyl (C=O) groups is 2. The predicted octanol–water partition coefficient (Wildman–Crippen LogP) is 3.35. The van der Waals surface area contributed by atoms with Gasteiger partial charge < -0.3 is 16.0 Å². The van der Waals surface area contributed by atoms with Gasteiger partial charge in [-0.2, -0.15) is 11.3 Å². The van der Waals surface area contributed by atoms with Crippen LogP contribution in [-0.2, 0) is 0 Å². The van der Waals surface area contributed by atoms with Crippen molar-refractivity contribution in [2.24, 2.45) is 5.73 Å². The van der Waals surface area contributed by atoms with E-state index in [9.17, 15) is 9.59 Å². The number of aromatic nitrogens is 1. The molecule has 3 aromatic rings. The number of aromatic amines is 1. The quantitative estimate of drug-likeness (QED) is 0.652. The summed E-state index contributed by atoms with van der Waals surface area (Å²) in [5, 5.41) is 7.52. The number of thiophene rings is 1. The first-order valence-electron chi connectivity index (χ1n) is 7.11. The van der Waals surface area contributed by atoms with Gasteiger partial charge in [0.2, 0.25) is 5.91 Å². The molecule has 0 radical (unpaired) electrons. The number of halogens is 1. The third-order valence-electron chi connectivity index (χ3n) is 3.57. The molecule has 2 heterocycles. The van der Waals surface area contributed by atoms with E-state index < -0.39 is 5.91 Å². The highest BCUT2D eigenvalue weighted by molar-refractivity contribution is 7.08. The van der Waals surface area contributed by atoms with Crippen LogP contribution in [0.3, 0.4) is 0 Å². The molecule has 3 rings (SSSR count). The monoisotopic (exact) mass is 359 g/mol. The Bertz CT molecular complexity index is 856. The molecule has 0 saturated heterocycles. The standard InChI is InChI=1S/C17H14ClN3O2S/c18-13-3-1-10(2-4-13)15(11-5-6-24-9-11)21-17(23)14-7-12(8-20-14)16(19)22/h1-9,15,20H,(H2,19,22)(H,21,23)/t15-/m0/s1. The van der Waals surface area contributed by atoms with Gasteiger partial charge in [0.05, 0.1) is 11.6 Å². The van der Waals surface area contributed by atoms with Crippen molar-refractivity contribution in [2.45, 2.75) is 6.04 Å². The fraction of sp³-hybridized carbons (Fsp3) is 0.0588. The average molecular weight is 360 g/mol. The minimum atomic E-state index is -0.586. The fourth-order valence-electron chi connectivity index (χ4n) is 2.33. The highest BCUT2D eigenvalue weighted by Crippen LogP contribution is 2.25. The molecule has 0 unspecified atom stereocenters. The average Bonchev–Trinajstić information content (AvgIpc) is 3.25. The van der Waals surface area contributed by atoms with Crippen LogP contribution in [0.1, 0.15) is 38.0 Å². The summed E-state index contributed by atoms with van der Waals surface area (Å²) < 4.78 is 0. The Labute approximate surface area is 147 Å². The zero-order valence-corrected chi connectivity index (χ0v) is 14.0. The third-order valence-corrected chi connectivity index (χ3v) is 4.52. The molecular weight excluding hydrogens is 346 g/mol. The molecule has 0 spiro atoms. The number of hydrogen-bond acceptors (Lipinski definition) is 3. The zero-order chi connectivity index (χ0) is 17.1. The summed E-state index contributed by atoms with van der Waals surface area (Å²) in [4.78, 5) is 26.4. The zero-order valence-electron chi connectivity index (χ0n) is 12.5. The Morgan fingerprint density at radius 1 is 1.17 bits per heavy atom. The van der Waals surface area contributed by atoms with Crippen LogP contribution >= 0.6 is 22.9 Å². The maximum atomic E-state index is 12.5. The summed E-state index contributed by atoms with van der Waals surface area (Å²) in [5.41, 5.74) is 7.63. The van der Waals surface area contributed by atoms with Gasteiger partial charge in [-0.05, 0) is 46.2 Å². The first kappa shape index (κ1) is 16.3. The number of H-pyrrole nitrogens is 1. The van der Waals surface area contributed by atoms with E-state index in [1.807, 2.05) is 29.0 Å². The second kappa shape index (κ2) is 6.90. The second-order valence-electron chi connectivity index (χ2n) is 5.18. The van der Waals surface area contributed by atoms with Crippen LogP contribution in [0.5, 0.6) is 0 Å². The maximum Gasteiger partial charge on any atom is 0.268 e. The van der Waals surface area contributed by atoms with Crippen molar-refractivity contribution in [1.29, 1.82) is 0 Å². The SMILES string of the molecule is NC(=O)c1c[nH]c(C(=O)N[C@@H](c2ccc(Cl)cc2)c2ccsc2)c1. The normalized spacial score (nSPS) is 11.9. The molecule has 7 heteroatoms. The smallest absolute Gasteiger partial charge is 0.268 e. The van der Waals surface area contributed by atoms with Gasteiger partial charge in [0, 0.05) is 11.2 Å². The van der Waals surface area contributed by atoms with Gasteiger partial charge in [-0.1, -0.05) is 23.7 Å². The van der Waals surface area contributed by atoms with Crippen molar-refractivity contribution in [1.82, 2.24) is 10.3 Å². The topological polar surface area (TPSA) is 88.0 Å². The van der Waals surface area contributed by atoms with Crippen molar-refractivity contribution in [3.8, 4) is 0 Å². The van der Waals surface area contributed by atoms with Gasteiger partial charge in [-0.15, -0.1) is 0 Å². The summed E-state index contributed by atoms with van der Waals surface area (Å²) in [7, 11) is 0. The fourth-order valence-corrected chi connectivity index (χ4v) is 3.14. The second-order valence-corrected chi connectivity index (χ2v) is 6.40. The number of carbonyl (C=O) groups excluding carboxylic acids is 2. The van der Waals surface area contributed by atoms with Crippen LogP contribution in [0.15, 0.2) is 53.4 Å². The van der Waals surface area contributed by atoms with Gasteiger partial charge in [0.25, 0.3) is 5.91 Å². The number of nitrogens with one attached hydrogen (secondary N) is 2. The summed E-state index contributed by atoms with van der Waals surface area (Å²) in [6.07, 6.45) is 1.42. The summed E-state index contributed by atoms with van der Waals surface area (Å²) in [6, 6.07) is 10.4. The Balaban J connectivity index is 1.87. The van der Waals surface area contributed by atoms with Gasteiger partial charge in [0.15, 0.2) is 0 Å². The summed E-state index contributed by atoms with van der Waals surface area (Å²) >= 11 is 7.49. The molecule has 5 nitrogen and oxygen atoms in total. The number of nitrogens with two attached hydrogens (primary N) is 1. The Morgan fingerprint density at radius 3 is 2.50 bits per heavy atom. The molecule has 2 amide bonds. The van der Waals surface area contributed by atoms with Crippen LogP contribution in [0, 0.1) is 0 Å². The van der Waals surface area contributed by atoms with E-state index in [0.29, 0.717) is 5.02 Å². The molecule has 0 aliphatic heterocycles. The van der Waals surface area contributed by atoms with Crippen LogP contribution < -0.4 is 11.1 Å². The lowest BCUT2D eigenvalue weighted by Crippen LogP contribution is -2.29. The Kier molecular flexibility index (Phi) is 4.69. The summed E-state index contributed by atoms with van der Waals surface area (Å²) in [5.74, 6) is -0.911. The van der Waals surface area contributed by atoms with E-state index in [0.717, 1.165) is 11.1 Å². The van der Waals surface area contributed by atoms with Gasteiger partial charge >= 0.3 is 0 Å². The van der Waals surface area contributed by atoms with Crippen LogP contribution in [0.4, 0.5) is 0 Å². The number of rotatable bonds is 5. The Morgan fingerprint density at radius 2 is 1.92 bits per heavy atom. The molecule has 4 N–H and O–H groups in total. The highest BCUT2D eigenvalue weighted by atomic mass is 35.5. The first-order valence-corrected chi connectivity index (χ1v) is 8.43. The molecule has 0 saturated carbocycles. The number of primary amides is 1. The molecule has 0 aliphatic carbocycles. The number of amides is 2. The van der Waals surface area contributed by atoms with Crippen molar-refractivity contribution in [2.75, 3.05) is 0 Å².